The summed E-state index contributed by atoms with van der Waals surface area (Å²) in [5.41, 5.74) is 0.825. The Hall–Kier alpha value is -1.51. The summed E-state index contributed by atoms with van der Waals surface area (Å²) in [6.45, 7) is 2.97. The molecule has 0 aromatic heterocycles. The van der Waals surface area contributed by atoms with E-state index < -0.39 is 0 Å². The number of benzene rings is 1. The smallest absolute Gasteiger partial charge is 0.230 e. The normalized spacial score (nSPS) is 32.6. The maximum atomic E-state index is 13.1. The molecule has 1 aromatic carbocycles. The van der Waals surface area contributed by atoms with E-state index >= 15 is 0 Å². The van der Waals surface area contributed by atoms with Gasteiger partial charge in [0.1, 0.15) is 5.75 Å². The van der Waals surface area contributed by atoms with Crippen LogP contribution in [0.3, 0.4) is 0 Å². The van der Waals surface area contributed by atoms with E-state index in [2.05, 4.69) is 12.2 Å². The number of ether oxygens (including phenoxy) is 1. The van der Waals surface area contributed by atoms with E-state index in [1.807, 2.05) is 24.3 Å². The van der Waals surface area contributed by atoms with Gasteiger partial charge in [-0.25, -0.2) is 0 Å². The Morgan fingerprint density at radius 3 is 2.20 bits per heavy atom. The number of carbonyl (C=O) groups is 1. The third kappa shape index (κ3) is 3.56. The molecule has 4 fully saturated rings. The van der Waals surface area contributed by atoms with Gasteiger partial charge in [-0.15, -0.1) is 0 Å². The Kier molecular flexibility index (Phi) is 4.75. The zero-order chi connectivity index (χ0) is 17.3. The van der Waals surface area contributed by atoms with Crippen LogP contribution in [0.15, 0.2) is 24.3 Å². The highest BCUT2D eigenvalue weighted by molar-refractivity contribution is 5.95. The van der Waals surface area contributed by atoms with Gasteiger partial charge in [0.25, 0.3) is 0 Å². The molecular weight excluding hydrogens is 310 g/mol. The van der Waals surface area contributed by atoms with Gasteiger partial charge in [-0.1, -0.05) is 19.8 Å². The monoisotopic (exact) mass is 341 g/mol. The van der Waals surface area contributed by atoms with Crippen molar-refractivity contribution >= 4 is 11.6 Å². The average Bonchev–Trinajstić information content (AvgIpc) is 2.59. The van der Waals surface area contributed by atoms with Gasteiger partial charge < -0.3 is 10.1 Å². The first-order valence-electron chi connectivity index (χ1n) is 10.2. The average molecular weight is 341 g/mol. The largest absolute Gasteiger partial charge is 0.494 e. The summed E-state index contributed by atoms with van der Waals surface area (Å²) >= 11 is 0. The van der Waals surface area contributed by atoms with E-state index in [9.17, 15) is 4.79 Å². The van der Waals surface area contributed by atoms with Crippen LogP contribution in [0.1, 0.15) is 64.7 Å². The summed E-state index contributed by atoms with van der Waals surface area (Å²) in [6, 6.07) is 7.91. The fourth-order valence-corrected chi connectivity index (χ4v) is 5.83. The maximum absolute atomic E-state index is 13.1. The van der Waals surface area contributed by atoms with Crippen molar-refractivity contribution in [3.05, 3.63) is 24.3 Å². The first kappa shape index (κ1) is 16.9. The Morgan fingerprint density at radius 1 is 1.04 bits per heavy atom. The Labute approximate surface area is 151 Å². The fourth-order valence-electron chi connectivity index (χ4n) is 5.83. The quantitative estimate of drug-likeness (QED) is 0.673. The van der Waals surface area contributed by atoms with E-state index in [4.69, 9.17) is 4.74 Å². The third-order valence-corrected chi connectivity index (χ3v) is 6.65. The highest BCUT2D eigenvalue weighted by Gasteiger charge is 2.54. The molecule has 0 unspecified atom stereocenters. The van der Waals surface area contributed by atoms with Gasteiger partial charge in [-0.05, 0) is 87.0 Å². The molecule has 0 saturated heterocycles. The molecule has 0 aliphatic heterocycles. The summed E-state index contributed by atoms with van der Waals surface area (Å²) in [5, 5.41) is 3.21. The standard InChI is InChI=1S/C22H31NO2/c1-2-3-4-9-25-20-7-5-19(6-8-20)23-21(24)22-13-16-10-17(14-22)12-18(11-16)15-22/h5-8,16-18H,2-4,9-15H2,1H3,(H,23,24). The molecule has 4 aliphatic rings. The highest BCUT2D eigenvalue weighted by atomic mass is 16.5. The molecular formula is C22H31NO2. The van der Waals surface area contributed by atoms with Crippen LogP contribution in [0.2, 0.25) is 0 Å². The van der Waals surface area contributed by atoms with Crippen molar-refractivity contribution in [2.75, 3.05) is 11.9 Å². The summed E-state index contributed by atoms with van der Waals surface area (Å²) < 4.78 is 5.76. The van der Waals surface area contributed by atoms with Gasteiger partial charge in [0.15, 0.2) is 0 Å². The molecule has 0 radical (unpaired) electrons. The molecule has 4 aliphatic carbocycles. The molecule has 0 atom stereocenters. The van der Waals surface area contributed by atoms with Gasteiger partial charge in [0, 0.05) is 5.69 Å². The van der Waals surface area contributed by atoms with Crippen LogP contribution in [-0.4, -0.2) is 12.5 Å². The van der Waals surface area contributed by atoms with Crippen molar-refractivity contribution < 1.29 is 9.53 Å². The number of hydrogen-bond donors (Lipinski definition) is 1. The van der Waals surface area contributed by atoms with E-state index in [1.54, 1.807) is 0 Å². The molecule has 1 N–H and O–H groups in total. The molecule has 1 amide bonds. The van der Waals surface area contributed by atoms with Gasteiger partial charge >= 0.3 is 0 Å². The van der Waals surface area contributed by atoms with Gasteiger partial charge in [0.2, 0.25) is 5.91 Å². The number of anilines is 1. The van der Waals surface area contributed by atoms with Gasteiger partial charge in [-0.2, -0.15) is 0 Å². The predicted molar refractivity (Wildman–Crippen MR) is 101 cm³/mol. The molecule has 4 bridgehead atoms. The van der Waals surface area contributed by atoms with Crippen LogP contribution in [-0.2, 0) is 4.79 Å². The minimum absolute atomic E-state index is 0.0793. The Morgan fingerprint density at radius 2 is 1.64 bits per heavy atom. The third-order valence-electron chi connectivity index (χ3n) is 6.65. The first-order valence-corrected chi connectivity index (χ1v) is 10.2. The molecule has 136 valence electrons. The number of unbranched alkanes of at least 4 members (excludes halogenated alkanes) is 2. The van der Waals surface area contributed by atoms with E-state index in [0.29, 0.717) is 0 Å². The molecule has 3 nitrogen and oxygen atoms in total. The summed E-state index contributed by atoms with van der Waals surface area (Å²) in [5.74, 6) is 3.56. The zero-order valence-electron chi connectivity index (χ0n) is 15.4. The SMILES string of the molecule is CCCCCOc1ccc(NC(=O)C23CC4CC(CC(C4)C2)C3)cc1. The summed E-state index contributed by atoms with van der Waals surface area (Å²) in [6.07, 6.45) is 11.0. The predicted octanol–water partition coefficient (Wildman–Crippen LogP) is 5.41. The maximum Gasteiger partial charge on any atom is 0.230 e. The van der Waals surface area contributed by atoms with E-state index in [0.717, 1.165) is 61.5 Å². The topological polar surface area (TPSA) is 38.3 Å². The van der Waals surface area contributed by atoms with Gasteiger partial charge in [-0.3, -0.25) is 4.79 Å². The first-order chi connectivity index (χ1) is 12.2. The van der Waals surface area contributed by atoms with Crippen LogP contribution in [0.25, 0.3) is 0 Å². The number of amides is 1. The lowest BCUT2D eigenvalue weighted by Crippen LogP contribution is -2.51. The number of carbonyl (C=O) groups excluding carboxylic acids is 1. The second kappa shape index (κ2) is 7.01. The Bertz CT molecular complexity index is 572. The molecule has 5 rings (SSSR count). The molecule has 4 saturated carbocycles. The van der Waals surface area contributed by atoms with E-state index in [-0.39, 0.29) is 11.3 Å². The number of hydrogen-bond acceptors (Lipinski definition) is 2. The lowest BCUT2D eigenvalue weighted by molar-refractivity contribution is -0.140. The van der Waals surface area contributed by atoms with Crippen LogP contribution in [0.5, 0.6) is 5.75 Å². The van der Waals surface area contributed by atoms with Crippen LogP contribution >= 0.6 is 0 Å². The van der Waals surface area contributed by atoms with Crippen molar-refractivity contribution in [3.63, 3.8) is 0 Å². The van der Waals surface area contributed by atoms with Crippen molar-refractivity contribution in [1.29, 1.82) is 0 Å². The zero-order valence-corrected chi connectivity index (χ0v) is 15.4. The number of rotatable bonds is 7. The summed E-state index contributed by atoms with van der Waals surface area (Å²) in [4.78, 5) is 13.1. The lowest BCUT2D eigenvalue weighted by atomic mass is 9.49. The molecule has 0 heterocycles. The van der Waals surface area contributed by atoms with Crippen molar-refractivity contribution in [2.24, 2.45) is 23.2 Å². The van der Waals surface area contributed by atoms with Crippen molar-refractivity contribution in [2.45, 2.75) is 64.7 Å². The second-order valence-corrected chi connectivity index (χ2v) is 8.73. The molecule has 1 aromatic rings. The molecule has 25 heavy (non-hydrogen) atoms. The van der Waals surface area contributed by atoms with Crippen LogP contribution in [0.4, 0.5) is 5.69 Å². The molecule has 0 spiro atoms. The summed E-state index contributed by atoms with van der Waals surface area (Å²) in [7, 11) is 0. The fraction of sp³-hybridized carbons (Fsp3) is 0.682. The highest BCUT2D eigenvalue weighted by Crippen LogP contribution is 2.60. The van der Waals surface area contributed by atoms with Crippen molar-refractivity contribution in [3.8, 4) is 5.75 Å². The Balaban J connectivity index is 1.35. The van der Waals surface area contributed by atoms with Crippen LogP contribution < -0.4 is 10.1 Å². The van der Waals surface area contributed by atoms with Crippen LogP contribution in [0, 0.1) is 23.2 Å². The van der Waals surface area contributed by atoms with Gasteiger partial charge in [0.05, 0.1) is 12.0 Å². The minimum Gasteiger partial charge on any atom is -0.494 e. The van der Waals surface area contributed by atoms with Crippen molar-refractivity contribution in [1.82, 2.24) is 0 Å². The number of nitrogens with one attached hydrogen (secondary N) is 1. The minimum atomic E-state index is -0.0793. The second-order valence-electron chi connectivity index (χ2n) is 8.73. The lowest BCUT2D eigenvalue weighted by Gasteiger charge is -2.55. The van der Waals surface area contributed by atoms with E-state index in [1.165, 1.54) is 32.1 Å². The molecule has 3 heteroatoms.